The van der Waals surface area contributed by atoms with Crippen LogP contribution in [0.4, 0.5) is 0 Å². The van der Waals surface area contributed by atoms with Crippen molar-refractivity contribution < 1.29 is 0 Å². The summed E-state index contributed by atoms with van der Waals surface area (Å²) in [5.74, 6) is 1.77. The van der Waals surface area contributed by atoms with Crippen LogP contribution in [0, 0.1) is 0 Å². The summed E-state index contributed by atoms with van der Waals surface area (Å²) in [6.45, 7) is 11.4. The largest absolute Gasteiger partial charge is 0.357 e. The topological polar surface area (TPSA) is 67.1 Å². The molecule has 0 amide bonds. The van der Waals surface area contributed by atoms with E-state index in [1.165, 1.54) is 0 Å². The third kappa shape index (κ3) is 6.11. The molecule has 27 heavy (non-hydrogen) atoms. The van der Waals surface area contributed by atoms with E-state index in [-0.39, 0.29) is 5.41 Å². The minimum absolute atomic E-state index is 0.166. The minimum atomic E-state index is -0.166. The molecule has 1 aromatic carbocycles. The number of benzene rings is 1. The molecule has 6 nitrogen and oxygen atoms in total. The van der Waals surface area contributed by atoms with Crippen LogP contribution in [0.2, 0.25) is 10.0 Å². The van der Waals surface area contributed by atoms with E-state index in [4.69, 9.17) is 28.2 Å². The molecule has 2 N–H and O–H groups in total. The Morgan fingerprint density at radius 2 is 1.96 bits per heavy atom. The molecule has 1 heterocycles. The molecule has 2 aromatic rings. The molecule has 0 saturated carbocycles. The molecule has 0 aliphatic rings. The zero-order chi connectivity index (χ0) is 19.9. The summed E-state index contributed by atoms with van der Waals surface area (Å²) in [6.07, 6.45) is 2.63. The molecular weight excluding hydrogens is 383 g/mol. The van der Waals surface area contributed by atoms with E-state index >= 15 is 0 Å². The molecule has 148 valence electrons. The Morgan fingerprint density at radius 3 is 2.63 bits per heavy atom. The first-order chi connectivity index (χ1) is 12.9. The number of aromatic nitrogens is 3. The Kier molecular flexibility index (Phi) is 7.92. The first-order valence-electron chi connectivity index (χ1n) is 9.21. The fourth-order valence-electron chi connectivity index (χ4n) is 2.66. The van der Waals surface area contributed by atoms with Gasteiger partial charge in [-0.1, -0.05) is 50.0 Å². The standard InChI is InChI=1S/C19H28Cl2N6/c1-5-17-26-25-13-27(17)10-9-23-18(22-6-2)24-12-19(3,4)14-7-8-15(20)16(21)11-14/h7-8,11,13H,5-6,9-10,12H2,1-4H3,(H2,22,23,24). The molecule has 2 rings (SSSR count). The molecule has 0 atom stereocenters. The van der Waals surface area contributed by atoms with Crippen molar-refractivity contribution in [2.45, 2.75) is 46.1 Å². The average Bonchev–Trinajstić information content (AvgIpc) is 3.09. The second-order valence-electron chi connectivity index (χ2n) is 6.93. The first kappa shape index (κ1) is 21.5. The van der Waals surface area contributed by atoms with Gasteiger partial charge in [-0.15, -0.1) is 10.2 Å². The summed E-state index contributed by atoms with van der Waals surface area (Å²) in [5, 5.41) is 15.9. The lowest BCUT2D eigenvalue weighted by Gasteiger charge is -2.24. The van der Waals surface area contributed by atoms with E-state index < -0.39 is 0 Å². The maximum absolute atomic E-state index is 6.17. The lowest BCUT2D eigenvalue weighted by atomic mass is 9.85. The minimum Gasteiger partial charge on any atom is -0.357 e. The molecule has 0 aliphatic carbocycles. The van der Waals surface area contributed by atoms with Crippen LogP contribution in [0.15, 0.2) is 29.5 Å². The van der Waals surface area contributed by atoms with Crippen LogP contribution in [0.25, 0.3) is 0 Å². The van der Waals surface area contributed by atoms with E-state index in [9.17, 15) is 0 Å². The van der Waals surface area contributed by atoms with Gasteiger partial charge in [0.1, 0.15) is 12.2 Å². The fraction of sp³-hybridized carbons (Fsp3) is 0.526. The predicted molar refractivity (Wildman–Crippen MR) is 113 cm³/mol. The third-order valence-corrected chi connectivity index (χ3v) is 5.07. The van der Waals surface area contributed by atoms with Gasteiger partial charge in [0.25, 0.3) is 0 Å². The van der Waals surface area contributed by atoms with Crippen molar-refractivity contribution in [1.82, 2.24) is 25.4 Å². The quantitative estimate of drug-likeness (QED) is 0.514. The maximum atomic E-state index is 6.17. The molecule has 8 heteroatoms. The molecule has 0 spiro atoms. The van der Waals surface area contributed by atoms with Crippen molar-refractivity contribution in [3.05, 3.63) is 46.0 Å². The summed E-state index contributed by atoms with van der Waals surface area (Å²) in [4.78, 5) is 4.75. The zero-order valence-electron chi connectivity index (χ0n) is 16.4. The highest BCUT2D eigenvalue weighted by Crippen LogP contribution is 2.30. The summed E-state index contributed by atoms with van der Waals surface area (Å²) in [7, 11) is 0. The molecular formula is C19H28Cl2N6. The van der Waals surface area contributed by atoms with Gasteiger partial charge in [0.05, 0.1) is 16.6 Å². The summed E-state index contributed by atoms with van der Waals surface area (Å²) in [5.41, 5.74) is 0.939. The van der Waals surface area contributed by atoms with E-state index in [2.05, 4.69) is 53.1 Å². The van der Waals surface area contributed by atoms with Gasteiger partial charge in [-0.05, 0) is 24.6 Å². The van der Waals surface area contributed by atoms with Gasteiger partial charge in [-0.2, -0.15) is 0 Å². The maximum Gasteiger partial charge on any atom is 0.191 e. The Bertz CT molecular complexity index is 769. The van der Waals surface area contributed by atoms with E-state index in [0.29, 0.717) is 16.6 Å². The second kappa shape index (κ2) is 9.95. The molecule has 0 fully saturated rings. The number of aryl methyl sites for hydroxylation is 1. The normalized spacial score (nSPS) is 12.3. The summed E-state index contributed by atoms with van der Waals surface area (Å²) < 4.78 is 2.05. The predicted octanol–water partition coefficient (Wildman–Crippen LogP) is 3.68. The smallest absolute Gasteiger partial charge is 0.191 e. The Balaban J connectivity index is 1.99. The lowest BCUT2D eigenvalue weighted by Crippen LogP contribution is -2.40. The van der Waals surface area contributed by atoms with Gasteiger partial charge in [-0.3, -0.25) is 4.99 Å². The van der Waals surface area contributed by atoms with Crippen molar-refractivity contribution in [2.24, 2.45) is 4.99 Å². The highest BCUT2D eigenvalue weighted by molar-refractivity contribution is 6.42. The summed E-state index contributed by atoms with van der Waals surface area (Å²) >= 11 is 12.2. The first-order valence-corrected chi connectivity index (χ1v) is 9.97. The van der Waals surface area contributed by atoms with Crippen LogP contribution in [0.1, 0.15) is 39.1 Å². The van der Waals surface area contributed by atoms with Crippen LogP contribution in [0.5, 0.6) is 0 Å². The average molecular weight is 411 g/mol. The highest BCUT2D eigenvalue weighted by Gasteiger charge is 2.21. The van der Waals surface area contributed by atoms with Gasteiger partial charge in [-0.25, -0.2) is 0 Å². The zero-order valence-corrected chi connectivity index (χ0v) is 17.9. The van der Waals surface area contributed by atoms with Gasteiger partial charge < -0.3 is 15.2 Å². The number of guanidine groups is 1. The molecule has 1 aromatic heterocycles. The molecule has 0 bridgehead atoms. The van der Waals surface area contributed by atoms with Gasteiger partial charge >= 0.3 is 0 Å². The monoisotopic (exact) mass is 410 g/mol. The number of aliphatic imine (C=N–C) groups is 1. The van der Waals surface area contributed by atoms with Crippen molar-refractivity contribution >= 4 is 29.2 Å². The van der Waals surface area contributed by atoms with Crippen molar-refractivity contribution in [3.8, 4) is 0 Å². The van der Waals surface area contributed by atoms with Gasteiger partial charge in [0.15, 0.2) is 5.96 Å². The van der Waals surface area contributed by atoms with Gasteiger partial charge in [0, 0.05) is 31.5 Å². The van der Waals surface area contributed by atoms with Gasteiger partial charge in [0.2, 0.25) is 0 Å². The number of halogens is 2. The molecule has 0 radical (unpaired) electrons. The van der Waals surface area contributed by atoms with Crippen LogP contribution in [0.3, 0.4) is 0 Å². The van der Waals surface area contributed by atoms with Crippen molar-refractivity contribution in [3.63, 3.8) is 0 Å². The Hall–Kier alpha value is -1.79. The van der Waals surface area contributed by atoms with Crippen LogP contribution < -0.4 is 10.6 Å². The van der Waals surface area contributed by atoms with E-state index in [1.54, 1.807) is 6.33 Å². The number of hydrogen-bond donors (Lipinski definition) is 2. The summed E-state index contributed by atoms with van der Waals surface area (Å²) in [6, 6.07) is 5.75. The van der Waals surface area contributed by atoms with Crippen molar-refractivity contribution in [2.75, 3.05) is 19.6 Å². The van der Waals surface area contributed by atoms with Crippen molar-refractivity contribution in [1.29, 1.82) is 0 Å². The van der Waals surface area contributed by atoms with E-state index in [1.807, 2.05) is 18.2 Å². The molecule has 0 saturated heterocycles. The Labute approximate surface area is 171 Å². The SMILES string of the molecule is CCNC(=NCC(C)(C)c1ccc(Cl)c(Cl)c1)NCCn1cnnc1CC. The Morgan fingerprint density at radius 1 is 1.19 bits per heavy atom. The number of nitrogens with one attached hydrogen (secondary N) is 2. The highest BCUT2D eigenvalue weighted by atomic mass is 35.5. The fourth-order valence-corrected chi connectivity index (χ4v) is 2.96. The van der Waals surface area contributed by atoms with Crippen LogP contribution in [-0.4, -0.2) is 40.4 Å². The molecule has 0 unspecified atom stereocenters. The number of rotatable bonds is 8. The van der Waals surface area contributed by atoms with Crippen LogP contribution in [-0.2, 0) is 18.4 Å². The lowest BCUT2D eigenvalue weighted by molar-refractivity contribution is 0.536. The number of nitrogens with zero attached hydrogens (tertiary/aromatic N) is 4. The number of hydrogen-bond acceptors (Lipinski definition) is 3. The second-order valence-corrected chi connectivity index (χ2v) is 7.74. The van der Waals surface area contributed by atoms with E-state index in [0.717, 1.165) is 43.4 Å². The third-order valence-electron chi connectivity index (χ3n) is 4.33. The molecule has 0 aliphatic heterocycles. The van der Waals surface area contributed by atoms with Crippen LogP contribution >= 0.6 is 23.2 Å².